The highest BCUT2D eigenvalue weighted by Crippen LogP contribution is 1.94. The number of hydrogen-bond acceptors (Lipinski definition) is 5. The van der Waals surface area contributed by atoms with Crippen LogP contribution >= 0.6 is 12.2 Å². The lowest BCUT2D eigenvalue weighted by Crippen LogP contribution is -2.76. The van der Waals surface area contributed by atoms with Crippen LogP contribution < -0.4 is 4.99 Å². The van der Waals surface area contributed by atoms with Crippen LogP contribution in [0.15, 0.2) is 4.99 Å². The van der Waals surface area contributed by atoms with Gasteiger partial charge in [-0.3, -0.25) is 0 Å². The summed E-state index contributed by atoms with van der Waals surface area (Å²) in [6, 6.07) is 0. The predicted molar refractivity (Wildman–Crippen MR) is 59.3 cm³/mol. The quantitative estimate of drug-likeness (QED) is 0.474. The van der Waals surface area contributed by atoms with Gasteiger partial charge in [-0.15, -0.1) is 0 Å². The van der Waals surface area contributed by atoms with Crippen LogP contribution in [0.5, 0.6) is 0 Å². The lowest BCUT2D eigenvalue weighted by molar-refractivity contribution is -0.307. The minimum atomic E-state index is -0.696. The van der Waals surface area contributed by atoms with E-state index < -0.39 is 11.9 Å². The maximum absolute atomic E-state index is 11.4. The number of rotatable bonds is 4. The van der Waals surface area contributed by atoms with Crippen LogP contribution in [0, 0.1) is 0 Å². The molecule has 0 bridgehead atoms. The molecule has 0 radical (unpaired) electrons. The van der Waals surface area contributed by atoms with Gasteiger partial charge in [-0.25, -0.2) is 14.6 Å². The van der Waals surface area contributed by atoms with Crippen molar-refractivity contribution in [1.82, 2.24) is 0 Å². The third-order valence-electron chi connectivity index (χ3n) is 1.63. The Labute approximate surface area is 97.4 Å². The number of ether oxygens (including phenoxy) is 2. The van der Waals surface area contributed by atoms with E-state index in [0.29, 0.717) is 0 Å². The topological polar surface area (TPSA) is 78.9 Å². The fraction of sp³-hybridized carbons (Fsp3) is 0.444. The molecule has 0 saturated carbocycles. The summed E-state index contributed by atoms with van der Waals surface area (Å²) in [4.78, 5) is 29.1. The highest BCUT2D eigenvalue weighted by Gasteiger charge is 2.39. The summed E-state index contributed by atoms with van der Waals surface area (Å²) in [6.07, 6.45) is 0. The Morgan fingerprint density at radius 3 is 2.38 bits per heavy atom. The van der Waals surface area contributed by atoms with E-state index in [4.69, 9.17) is 21.7 Å². The number of nitrogens with zero attached hydrogens (tertiary/aromatic N) is 1. The van der Waals surface area contributed by atoms with Crippen molar-refractivity contribution in [2.24, 2.45) is 4.99 Å². The molecule has 1 aliphatic rings. The summed E-state index contributed by atoms with van der Waals surface area (Å²) in [6.45, 7) is 3.71. The van der Waals surface area contributed by atoms with Gasteiger partial charge in [0, 0.05) is 12.2 Å². The van der Waals surface area contributed by atoms with Crippen LogP contribution in [-0.2, 0) is 19.1 Å². The van der Waals surface area contributed by atoms with Crippen molar-refractivity contribution in [3.05, 3.63) is 0 Å². The minimum absolute atomic E-state index is 0.0473. The molecule has 1 heterocycles. The smallest absolute Gasteiger partial charge is 0.391 e. The maximum atomic E-state index is 11.4. The van der Waals surface area contributed by atoms with Crippen LogP contribution in [-0.4, -0.2) is 41.7 Å². The standard InChI is InChI=1S/C9H10N2O4S/c1-3-14-7(12)5-6(8(13)15-4-2)11-9(16)10-5/h3-4H2,1-2H3/p+1. The molecule has 0 unspecified atom stereocenters. The Balaban J connectivity index is 2.88. The zero-order valence-electron chi connectivity index (χ0n) is 8.90. The highest BCUT2D eigenvalue weighted by molar-refractivity contribution is 7.80. The molecular formula is C9H11N2O4S+. The van der Waals surface area contributed by atoms with E-state index in [-0.39, 0.29) is 29.7 Å². The second kappa shape index (κ2) is 5.45. The second-order valence-electron chi connectivity index (χ2n) is 2.71. The molecule has 86 valence electrons. The van der Waals surface area contributed by atoms with Gasteiger partial charge in [0.2, 0.25) is 0 Å². The van der Waals surface area contributed by atoms with Crippen molar-refractivity contribution in [1.29, 1.82) is 0 Å². The van der Waals surface area contributed by atoms with Crippen molar-refractivity contribution in [3.8, 4) is 0 Å². The van der Waals surface area contributed by atoms with Gasteiger partial charge in [-0.1, -0.05) is 0 Å². The molecule has 1 aliphatic heterocycles. The van der Waals surface area contributed by atoms with Gasteiger partial charge >= 0.3 is 22.8 Å². The van der Waals surface area contributed by atoms with Crippen LogP contribution in [0.4, 0.5) is 0 Å². The largest absolute Gasteiger partial charge is 0.460 e. The molecule has 0 fully saturated rings. The van der Waals surface area contributed by atoms with Crippen molar-refractivity contribution < 1.29 is 24.1 Å². The molecule has 7 heteroatoms. The third-order valence-corrected chi connectivity index (χ3v) is 1.82. The average molecular weight is 243 g/mol. The highest BCUT2D eigenvalue weighted by atomic mass is 32.1. The first-order chi connectivity index (χ1) is 7.60. The molecular weight excluding hydrogens is 232 g/mol. The van der Waals surface area contributed by atoms with Gasteiger partial charge in [0.1, 0.15) is 0 Å². The van der Waals surface area contributed by atoms with E-state index in [1.54, 1.807) is 13.8 Å². The van der Waals surface area contributed by atoms with Gasteiger partial charge in [-0.05, 0) is 18.8 Å². The normalized spacial score (nSPS) is 14.2. The number of carbonyl (C=O) groups is 2. The van der Waals surface area contributed by atoms with E-state index in [1.807, 2.05) is 0 Å². The molecule has 0 spiro atoms. The number of nitrogens with one attached hydrogen (secondary N) is 1. The number of aliphatic imine (C=N–C) groups is 1. The Morgan fingerprint density at radius 1 is 1.25 bits per heavy atom. The summed E-state index contributed by atoms with van der Waals surface area (Å²) < 4.78 is 9.48. The number of thiocarbonyl (C=S) groups is 1. The molecule has 0 amide bonds. The van der Waals surface area contributed by atoms with Gasteiger partial charge in [-0.2, -0.15) is 0 Å². The van der Waals surface area contributed by atoms with Gasteiger partial charge in [0.25, 0.3) is 5.71 Å². The van der Waals surface area contributed by atoms with E-state index >= 15 is 0 Å². The molecule has 16 heavy (non-hydrogen) atoms. The van der Waals surface area contributed by atoms with E-state index in [0.717, 1.165) is 0 Å². The summed E-state index contributed by atoms with van der Waals surface area (Å²) >= 11 is 4.74. The van der Waals surface area contributed by atoms with Crippen molar-refractivity contribution >= 4 is 40.7 Å². The van der Waals surface area contributed by atoms with Gasteiger partial charge in [0.15, 0.2) is 0 Å². The molecule has 0 atom stereocenters. The fourth-order valence-electron chi connectivity index (χ4n) is 1.05. The zero-order valence-corrected chi connectivity index (χ0v) is 9.72. The van der Waals surface area contributed by atoms with Gasteiger partial charge < -0.3 is 9.47 Å². The second-order valence-corrected chi connectivity index (χ2v) is 3.09. The minimum Gasteiger partial charge on any atom is -0.460 e. The van der Waals surface area contributed by atoms with E-state index in [1.165, 1.54) is 0 Å². The SMILES string of the molecule is CCOC(=O)C1=NC(=S)[NH+]=C1C(=O)OCC. The Hall–Kier alpha value is -1.63. The van der Waals surface area contributed by atoms with Crippen molar-refractivity contribution in [2.45, 2.75) is 13.8 Å². The summed E-state index contributed by atoms with van der Waals surface area (Å²) in [5.41, 5.74) is -0.199. The Morgan fingerprint density at radius 2 is 1.81 bits per heavy atom. The molecule has 0 saturated heterocycles. The first kappa shape index (κ1) is 12.4. The number of hydrogen-bond donors (Lipinski definition) is 1. The van der Waals surface area contributed by atoms with Crippen molar-refractivity contribution in [3.63, 3.8) is 0 Å². The van der Waals surface area contributed by atoms with E-state index in [9.17, 15) is 9.59 Å². The lowest BCUT2D eigenvalue weighted by atomic mass is 10.2. The molecule has 1 rings (SSSR count). The predicted octanol–water partition coefficient (Wildman–Crippen LogP) is -1.63. The number of esters is 2. The molecule has 0 aromatic heterocycles. The fourth-order valence-corrected chi connectivity index (χ4v) is 1.24. The first-order valence-corrected chi connectivity index (χ1v) is 5.12. The summed E-state index contributed by atoms with van der Waals surface area (Å²) in [7, 11) is 0. The van der Waals surface area contributed by atoms with Crippen LogP contribution in [0.1, 0.15) is 13.8 Å². The maximum Gasteiger partial charge on any atom is 0.391 e. The average Bonchev–Trinajstić information content (AvgIpc) is 2.61. The van der Waals surface area contributed by atoms with E-state index in [2.05, 4.69) is 9.98 Å². The number of carbonyl (C=O) groups excluding carboxylic acids is 2. The summed E-state index contributed by atoms with van der Waals surface area (Å²) in [5, 5.41) is 0.0473. The van der Waals surface area contributed by atoms with Crippen LogP contribution in [0.3, 0.4) is 0 Å². The van der Waals surface area contributed by atoms with Crippen LogP contribution in [0.2, 0.25) is 0 Å². The first-order valence-electron chi connectivity index (χ1n) is 4.71. The molecule has 0 aromatic rings. The molecule has 6 nitrogen and oxygen atoms in total. The zero-order chi connectivity index (χ0) is 12.1. The third kappa shape index (κ3) is 2.69. The lowest BCUT2D eigenvalue weighted by Gasteiger charge is -1.99. The Bertz CT molecular complexity index is 364. The van der Waals surface area contributed by atoms with Crippen LogP contribution in [0.25, 0.3) is 0 Å². The Kier molecular flexibility index (Phi) is 4.24. The van der Waals surface area contributed by atoms with Gasteiger partial charge in [0.05, 0.1) is 13.2 Å². The van der Waals surface area contributed by atoms with Crippen molar-refractivity contribution in [2.75, 3.05) is 13.2 Å². The monoisotopic (exact) mass is 243 g/mol. The summed E-state index contributed by atoms with van der Waals surface area (Å²) in [5.74, 6) is -1.37. The molecule has 0 aromatic carbocycles. The molecule has 0 aliphatic carbocycles. The molecule has 1 N–H and O–H groups in total.